The van der Waals surface area contributed by atoms with Crippen molar-refractivity contribution >= 4 is 11.7 Å². The van der Waals surface area contributed by atoms with Crippen molar-refractivity contribution in [1.29, 1.82) is 5.41 Å². The lowest BCUT2D eigenvalue weighted by molar-refractivity contribution is 0.0696. The molecule has 0 radical (unpaired) electrons. The highest BCUT2D eigenvalue weighted by Gasteiger charge is 2.08. The zero-order valence-corrected chi connectivity index (χ0v) is 10.6. The van der Waals surface area contributed by atoms with Crippen molar-refractivity contribution in [3.05, 3.63) is 65.0 Å². The van der Waals surface area contributed by atoms with E-state index in [1.807, 2.05) is 31.2 Å². The van der Waals surface area contributed by atoms with Crippen molar-refractivity contribution in [2.24, 2.45) is 0 Å². The first-order valence-corrected chi connectivity index (χ1v) is 5.89. The lowest BCUT2D eigenvalue weighted by atomic mass is 10.0. The Balaban J connectivity index is 2.18. The SMILES string of the molecule is Cc1ccc(CC(=N)c2cc(C(=O)O)ccn2)cc1. The number of hydrogen-bond donors (Lipinski definition) is 2. The largest absolute Gasteiger partial charge is 0.478 e. The highest BCUT2D eigenvalue weighted by atomic mass is 16.4. The second-order valence-corrected chi connectivity index (χ2v) is 4.38. The Kier molecular flexibility index (Phi) is 3.71. The van der Waals surface area contributed by atoms with E-state index in [0.29, 0.717) is 17.8 Å². The minimum atomic E-state index is -1.01. The molecule has 4 nitrogen and oxygen atoms in total. The molecule has 0 atom stereocenters. The second kappa shape index (κ2) is 5.44. The normalized spacial score (nSPS) is 10.2. The number of nitrogens with zero attached hydrogens (tertiary/aromatic N) is 1. The molecule has 0 aliphatic rings. The van der Waals surface area contributed by atoms with Crippen molar-refractivity contribution in [3.63, 3.8) is 0 Å². The van der Waals surface area contributed by atoms with Gasteiger partial charge in [-0.1, -0.05) is 29.8 Å². The summed E-state index contributed by atoms with van der Waals surface area (Å²) in [5.74, 6) is -1.01. The van der Waals surface area contributed by atoms with Gasteiger partial charge in [0.15, 0.2) is 0 Å². The number of aryl methyl sites for hydroxylation is 1. The van der Waals surface area contributed by atoms with Gasteiger partial charge in [0, 0.05) is 12.6 Å². The van der Waals surface area contributed by atoms with Crippen LogP contribution in [0.4, 0.5) is 0 Å². The zero-order chi connectivity index (χ0) is 13.8. The molecule has 2 rings (SSSR count). The van der Waals surface area contributed by atoms with Crippen LogP contribution in [0.25, 0.3) is 0 Å². The van der Waals surface area contributed by atoms with Crippen LogP contribution < -0.4 is 0 Å². The van der Waals surface area contributed by atoms with E-state index in [1.54, 1.807) is 0 Å². The Morgan fingerprint density at radius 3 is 2.58 bits per heavy atom. The molecule has 2 N–H and O–H groups in total. The van der Waals surface area contributed by atoms with Crippen molar-refractivity contribution in [2.45, 2.75) is 13.3 Å². The van der Waals surface area contributed by atoms with E-state index in [1.165, 1.54) is 23.9 Å². The number of carboxylic acid groups (broad SMARTS) is 1. The quantitative estimate of drug-likeness (QED) is 0.824. The first kappa shape index (κ1) is 13.0. The van der Waals surface area contributed by atoms with E-state index in [9.17, 15) is 4.79 Å². The number of rotatable bonds is 4. The monoisotopic (exact) mass is 254 g/mol. The maximum Gasteiger partial charge on any atom is 0.335 e. The highest BCUT2D eigenvalue weighted by Crippen LogP contribution is 2.09. The molecular formula is C15H14N2O2. The number of pyridine rings is 1. The molecule has 0 spiro atoms. The van der Waals surface area contributed by atoms with Gasteiger partial charge in [-0.15, -0.1) is 0 Å². The zero-order valence-electron chi connectivity index (χ0n) is 10.6. The van der Waals surface area contributed by atoms with Crippen molar-refractivity contribution in [2.75, 3.05) is 0 Å². The molecular weight excluding hydrogens is 240 g/mol. The van der Waals surface area contributed by atoms with Gasteiger partial charge in [-0.25, -0.2) is 4.79 Å². The van der Waals surface area contributed by atoms with Gasteiger partial charge in [-0.2, -0.15) is 0 Å². The van der Waals surface area contributed by atoms with Crippen LogP contribution in [0.1, 0.15) is 27.2 Å². The summed E-state index contributed by atoms with van der Waals surface area (Å²) < 4.78 is 0. The molecule has 4 heteroatoms. The number of carbonyl (C=O) groups is 1. The Hall–Kier alpha value is -2.49. The Labute approximate surface area is 111 Å². The molecule has 0 bridgehead atoms. The molecule has 0 aliphatic carbocycles. The van der Waals surface area contributed by atoms with Crippen LogP contribution >= 0.6 is 0 Å². The molecule has 1 heterocycles. The summed E-state index contributed by atoms with van der Waals surface area (Å²) >= 11 is 0. The minimum absolute atomic E-state index is 0.152. The highest BCUT2D eigenvalue weighted by molar-refractivity contribution is 5.99. The van der Waals surface area contributed by atoms with Gasteiger partial charge in [-0.05, 0) is 24.6 Å². The van der Waals surface area contributed by atoms with Gasteiger partial charge < -0.3 is 10.5 Å². The lowest BCUT2D eigenvalue weighted by Gasteiger charge is -2.05. The third-order valence-corrected chi connectivity index (χ3v) is 2.82. The molecule has 19 heavy (non-hydrogen) atoms. The lowest BCUT2D eigenvalue weighted by Crippen LogP contribution is -2.08. The molecule has 0 saturated heterocycles. The smallest absolute Gasteiger partial charge is 0.335 e. The molecule has 0 amide bonds. The Morgan fingerprint density at radius 1 is 1.26 bits per heavy atom. The number of benzene rings is 1. The average molecular weight is 254 g/mol. The van der Waals surface area contributed by atoms with Crippen LogP contribution in [-0.4, -0.2) is 21.8 Å². The number of aromatic nitrogens is 1. The van der Waals surface area contributed by atoms with Crippen LogP contribution in [0.2, 0.25) is 0 Å². The number of carboxylic acids is 1. The second-order valence-electron chi connectivity index (χ2n) is 4.38. The standard InChI is InChI=1S/C15H14N2O2/c1-10-2-4-11(5-3-10)8-13(16)14-9-12(15(18)19)6-7-17-14/h2-7,9,16H,8H2,1H3,(H,18,19). The summed E-state index contributed by atoms with van der Waals surface area (Å²) in [6, 6.07) is 10.8. The number of hydrogen-bond acceptors (Lipinski definition) is 3. The van der Waals surface area contributed by atoms with E-state index in [0.717, 1.165) is 5.56 Å². The van der Waals surface area contributed by atoms with Gasteiger partial charge in [0.05, 0.1) is 17.0 Å². The molecule has 96 valence electrons. The number of aromatic carboxylic acids is 1. The van der Waals surface area contributed by atoms with E-state index in [-0.39, 0.29) is 5.56 Å². The molecule has 0 saturated carbocycles. The summed E-state index contributed by atoms with van der Waals surface area (Å²) in [5.41, 5.74) is 3.05. The fraction of sp³-hybridized carbons (Fsp3) is 0.133. The van der Waals surface area contributed by atoms with Gasteiger partial charge in [0.1, 0.15) is 0 Å². The van der Waals surface area contributed by atoms with Crippen LogP contribution in [0.5, 0.6) is 0 Å². The van der Waals surface area contributed by atoms with Crippen LogP contribution in [0, 0.1) is 12.3 Å². The van der Waals surface area contributed by atoms with Gasteiger partial charge in [-0.3, -0.25) is 4.98 Å². The summed E-state index contributed by atoms with van der Waals surface area (Å²) in [6.07, 6.45) is 1.86. The predicted molar refractivity (Wildman–Crippen MR) is 72.9 cm³/mol. The molecule has 1 aromatic heterocycles. The maximum atomic E-state index is 10.9. The van der Waals surface area contributed by atoms with Crippen LogP contribution in [0.15, 0.2) is 42.6 Å². The molecule has 0 fully saturated rings. The first-order valence-electron chi connectivity index (χ1n) is 5.89. The maximum absolute atomic E-state index is 10.9. The van der Waals surface area contributed by atoms with E-state index in [2.05, 4.69) is 4.98 Å². The molecule has 0 aliphatic heterocycles. The topological polar surface area (TPSA) is 74.0 Å². The molecule has 0 unspecified atom stereocenters. The summed E-state index contributed by atoms with van der Waals surface area (Å²) in [7, 11) is 0. The number of nitrogens with one attached hydrogen (secondary N) is 1. The van der Waals surface area contributed by atoms with E-state index >= 15 is 0 Å². The Morgan fingerprint density at radius 2 is 1.95 bits per heavy atom. The first-order chi connectivity index (χ1) is 9.06. The van der Waals surface area contributed by atoms with Crippen molar-refractivity contribution in [1.82, 2.24) is 4.98 Å². The van der Waals surface area contributed by atoms with E-state index in [4.69, 9.17) is 10.5 Å². The summed E-state index contributed by atoms with van der Waals surface area (Å²) in [5, 5.41) is 16.9. The van der Waals surface area contributed by atoms with Gasteiger partial charge >= 0.3 is 5.97 Å². The third-order valence-electron chi connectivity index (χ3n) is 2.82. The minimum Gasteiger partial charge on any atom is -0.478 e. The third kappa shape index (κ3) is 3.25. The Bertz CT molecular complexity index is 618. The van der Waals surface area contributed by atoms with E-state index < -0.39 is 5.97 Å². The summed E-state index contributed by atoms with van der Waals surface area (Å²) in [6.45, 7) is 2.01. The van der Waals surface area contributed by atoms with Crippen LogP contribution in [-0.2, 0) is 6.42 Å². The fourth-order valence-electron chi connectivity index (χ4n) is 1.73. The van der Waals surface area contributed by atoms with Crippen LogP contribution in [0.3, 0.4) is 0 Å². The van der Waals surface area contributed by atoms with Gasteiger partial charge in [0.2, 0.25) is 0 Å². The summed E-state index contributed by atoms with van der Waals surface area (Å²) in [4.78, 5) is 14.9. The fourth-order valence-corrected chi connectivity index (χ4v) is 1.73. The van der Waals surface area contributed by atoms with Gasteiger partial charge in [0.25, 0.3) is 0 Å². The predicted octanol–water partition coefficient (Wildman–Crippen LogP) is 2.70. The average Bonchev–Trinajstić information content (AvgIpc) is 2.41. The van der Waals surface area contributed by atoms with Crippen molar-refractivity contribution in [3.8, 4) is 0 Å². The van der Waals surface area contributed by atoms with Crippen molar-refractivity contribution < 1.29 is 9.90 Å². The molecule has 2 aromatic rings. The molecule has 1 aromatic carbocycles.